The van der Waals surface area contributed by atoms with Crippen LogP contribution in [-0.4, -0.2) is 36.3 Å². The molecule has 5 heteroatoms. The molecule has 1 aliphatic rings. The summed E-state index contributed by atoms with van der Waals surface area (Å²) in [6, 6.07) is 8.07. The lowest BCUT2D eigenvalue weighted by Crippen LogP contribution is -2.33. The quantitative estimate of drug-likeness (QED) is 0.880. The van der Waals surface area contributed by atoms with Crippen LogP contribution in [0.15, 0.2) is 36.6 Å². The van der Waals surface area contributed by atoms with E-state index in [1.54, 1.807) is 18.2 Å². The molecule has 1 aromatic rings. The Hall–Kier alpha value is -2.17. The lowest BCUT2D eigenvalue weighted by atomic mass is 10.1. The summed E-state index contributed by atoms with van der Waals surface area (Å²) in [5, 5.41) is 3.40. The Labute approximate surface area is 144 Å². The molecule has 0 bridgehead atoms. The number of rotatable bonds is 5. The maximum atomic E-state index is 12.0. The average molecular weight is 332 g/mol. The minimum Gasteiger partial charge on any atom is -0.497 e. The molecular weight excluding hydrogens is 304 g/mol. The fraction of sp³-hybridized carbons (Fsp3) is 0.526. The van der Waals surface area contributed by atoms with E-state index in [-0.39, 0.29) is 12.2 Å². The van der Waals surface area contributed by atoms with E-state index in [2.05, 4.69) is 11.4 Å². The van der Waals surface area contributed by atoms with Gasteiger partial charge in [0.1, 0.15) is 11.7 Å². The van der Waals surface area contributed by atoms with Crippen LogP contribution < -0.4 is 5.32 Å². The van der Waals surface area contributed by atoms with E-state index in [0.717, 1.165) is 30.6 Å². The van der Waals surface area contributed by atoms with E-state index in [9.17, 15) is 4.79 Å². The number of allylic oxidation sites excluding steroid dienone is 1. The first-order valence-corrected chi connectivity index (χ1v) is 8.41. The molecule has 132 valence electrons. The molecule has 1 N–H and O–H groups in total. The van der Waals surface area contributed by atoms with Gasteiger partial charge in [-0.2, -0.15) is 0 Å². The van der Waals surface area contributed by atoms with Crippen molar-refractivity contribution in [3.8, 4) is 0 Å². The number of carbonyl (C=O) groups excluding carboxylic acids is 1. The van der Waals surface area contributed by atoms with Crippen LogP contribution in [-0.2, 0) is 16.0 Å². The fourth-order valence-corrected chi connectivity index (χ4v) is 2.42. The number of amides is 1. The zero-order valence-electron chi connectivity index (χ0n) is 15.0. The highest BCUT2D eigenvalue weighted by Crippen LogP contribution is 2.16. The van der Waals surface area contributed by atoms with Crippen molar-refractivity contribution in [2.24, 2.45) is 0 Å². The van der Waals surface area contributed by atoms with Gasteiger partial charge in [-0.1, -0.05) is 12.1 Å². The summed E-state index contributed by atoms with van der Waals surface area (Å²) in [4.78, 5) is 13.6. The van der Waals surface area contributed by atoms with Gasteiger partial charge in [-0.05, 0) is 57.4 Å². The Balaban J connectivity index is 1.87. The van der Waals surface area contributed by atoms with Gasteiger partial charge in [0.05, 0.1) is 12.8 Å². The molecule has 0 radical (unpaired) electrons. The van der Waals surface area contributed by atoms with E-state index >= 15 is 0 Å². The lowest BCUT2D eigenvalue weighted by Gasteiger charge is -2.25. The van der Waals surface area contributed by atoms with Gasteiger partial charge in [0.25, 0.3) is 0 Å². The average Bonchev–Trinajstić information content (AvgIpc) is 2.53. The normalized spacial score (nSPS) is 17.1. The Morgan fingerprint density at radius 1 is 1.42 bits per heavy atom. The summed E-state index contributed by atoms with van der Waals surface area (Å²) in [7, 11) is 1.75. The van der Waals surface area contributed by atoms with Crippen LogP contribution in [0.3, 0.4) is 0 Å². The van der Waals surface area contributed by atoms with Crippen molar-refractivity contribution in [3.63, 3.8) is 0 Å². The molecular formula is C19H28N2O3. The molecule has 0 fully saturated rings. The minimum absolute atomic E-state index is 0.211. The first-order chi connectivity index (χ1) is 11.3. The molecule has 1 unspecified atom stereocenters. The molecule has 0 aliphatic carbocycles. The van der Waals surface area contributed by atoms with Crippen LogP contribution in [0.2, 0.25) is 0 Å². The van der Waals surface area contributed by atoms with E-state index < -0.39 is 5.60 Å². The smallest absolute Gasteiger partial charge is 0.410 e. The summed E-state index contributed by atoms with van der Waals surface area (Å²) in [5.74, 6) is 0. The van der Waals surface area contributed by atoms with Crippen molar-refractivity contribution in [2.45, 2.75) is 51.9 Å². The monoisotopic (exact) mass is 332 g/mol. The van der Waals surface area contributed by atoms with Gasteiger partial charge in [-0.3, -0.25) is 0 Å². The van der Waals surface area contributed by atoms with Gasteiger partial charge in [-0.25, -0.2) is 4.79 Å². The van der Waals surface area contributed by atoms with Crippen molar-refractivity contribution >= 4 is 11.8 Å². The fourth-order valence-electron chi connectivity index (χ4n) is 2.42. The van der Waals surface area contributed by atoms with Crippen LogP contribution in [0.5, 0.6) is 0 Å². The Morgan fingerprint density at radius 3 is 2.88 bits per heavy atom. The molecule has 0 spiro atoms. The summed E-state index contributed by atoms with van der Waals surface area (Å²) in [6.45, 7) is 6.88. The standard InChI is InChI=1S/C19H28N2O3/c1-19(2,3)24-18(22)21(4)14-15-8-7-9-16(12-15)20-13-17-10-5-6-11-23-17/h6-9,11-12,17,20H,5,10,13-14H2,1-4H3. The Bertz CT molecular complexity index is 578. The second-order valence-corrected chi connectivity index (χ2v) is 7.12. The first-order valence-electron chi connectivity index (χ1n) is 8.41. The zero-order valence-corrected chi connectivity index (χ0v) is 15.0. The molecule has 0 aromatic heterocycles. The maximum absolute atomic E-state index is 12.0. The number of hydrogen-bond acceptors (Lipinski definition) is 4. The van der Waals surface area contributed by atoms with E-state index in [0.29, 0.717) is 6.54 Å². The van der Waals surface area contributed by atoms with Crippen LogP contribution in [0.25, 0.3) is 0 Å². The second kappa shape index (κ2) is 8.08. The molecule has 2 rings (SSSR count). The molecule has 1 aliphatic heterocycles. The van der Waals surface area contributed by atoms with Gasteiger partial charge in [0, 0.05) is 19.3 Å². The number of benzene rings is 1. The molecule has 1 aromatic carbocycles. The van der Waals surface area contributed by atoms with Crippen molar-refractivity contribution in [1.82, 2.24) is 4.90 Å². The van der Waals surface area contributed by atoms with E-state index in [1.807, 2.05) is 45.0 Å². The summed E-state index contributed by atoms with van der Waals surface area (Å²) in [5.41, 5.74) is 1.60. The molecule has 0 saturated heterocycles. The maximum Gasteiger partial charge on any atom is 0.410 e. The molecule has 1 atom stereocenters. The van der Waals surface area contributed by atoms with Crippen molar-refractivity contribution in [3.05, 3.63) is 42.2 Å². The van der Waals surface area contributed by atoms with Crippen molar-refractivity contribution in [1.29, 1.82) is 0 Å². The van der Waals surface area contributed by atoms with Gasteiger partial charge < -0.3 is 19.7 Å². The number of nitrogens with zero attached hydrogens (tertiary/aromatic N) is 1. The number of carbonyl (C=O) groups is 1. The highest BCUT2D eigenvalue weighted by molar-refractivity contribution is 5.67. The molecule has 1 heterocycles. The summed E-state index contributed by atoms with van der Waals surface area (Å²) < 4.78 is 10.9. The first kappa shape index (κ1) is 18.2. The molecule has 1 amide bonds. The SMILES string of the molecule is CN(Cc1cccc(NCC2CCC=CO2)c1)C(=O)OC(C)(C)C. The van der Waals surface area contributed by atoms with Gasteiger partial charge in [0.15, 0.2) is 0 Å². The highest BCUT2D eigenvalue weighted by Gasteiger charge is 2.19. The van der Waals surface area contributed by atoms with Crippen LogP contribution in [0.1, 0.15) is 39.2 Å². The lowest BCUT2D eigenvalue weighted by molar-refractivity contribution is 0.0285. The van der Waals surface area contributed by atoms with Gasteiger partial charge in [0.2, 0.25) is 0 Å². The van der Waals surface area contributed by atoms with Crippen LogP contribution >= 0.6 is 0 Å². The third-order valence-corrected chi connectivity index (χ3v) is 3.61. The third-order valence-electron chi connectivity index (χ3n) is 3.61. The topological polar surface area (TPSA) is 50.8 Å². The van der Waals surface area contributed by atoms with Crippen molar-refractivity contribution < 1.29 is 14.3 Å². The van der Waals surface area contributed by atoms with Gasteiger partial charge >= 0.3 is 6.09 Å². The predicted molar refractivity (Wildman–Crippen MR) is 95.9 cm³/mol. The number of ether oxygens (including phenoxy) is 2. The van der Waals surface area contributed by atoms with Gasteiger partial charge in [-0.15, -0.1) is 0 Å². The molecule has 0 saturated carbocycles. The predicted octanol–water partition coefficient (Wildman–Crippen LogP) is 4.16. The highest BCUT2D eigenvalue weighted by atomic mass is 16.6. The number of nitrogens with one attached hydrogen (secondary N) is 1. The summed E-state index contributed by atoms with van der Waals surface area (Å²) >= 11 is 0. The Kier molecular flexibility index (Phi) is 6.12. The Morgan fingerprint density at radius 2 is 2.21 bits per heavy atom. The largest absolute Gasteiger partial charge is 0.497 e. The number of anilines is 1. The third kappa shape index (κ3) is 6.14. The van der Waals surface area contributed by atoms with Crippen molar-refractivity contribution in [2.75, 3.05) is 18.9 Å². The van der Waals surface area contributed by atoms with Crippen LogP contribution in [0, 0.1) is 0 Å². The second-order valence-electron chi connectivity index (χ2n) is 7.12. The molecule has 24 heavy (non-hydrogen) atoms. The minimum atomic E-state index is -0.483. The zero-order chi connectivity index (χ0) is 17.6. The molecule has 5 nitrogen and oxygen atoms in total. The van der Waals surface area contributed by atoms with E-state index in [4.69, 9.17) is 9.47 Å². The summed E-state index contributed by atoms with van der Waals surface area (Å²) in [6.07, 6.45) is 5.81. The number of hydrogen-bond donors (Lipinski definition) is 1. The van der Waals surface area contributed by atoms with Crippen LogP contribution in [0.4, 0.5) is 10.5 Å². The van der Waals surface area contributed by atoms with E-state index in [1.165, 1.54) is 0 Å².